The van der Waals surface area contributed by atoms with Gasteiger partial charge < -0.3 is 14.7 Å². The highest BCUT2D eigenvalue weighted by molar-refractivity contribution is 6.10. The fourth-order valence-electron chi connectivity index (χ4n) is 6.57. The zero-order valence-corrected chi connectivity index (χ0v) is 31.1. The van der Waals surface area contributed by atoms with E-state index in [1.54, 1.807) is 0 Å². The van der Waals surface area contributed by atoms with Crippen molar-refractivity contribution in [1.29, 1.82) is 10.7 Å². The van der Waals surface area contributed by atoms with Gasteiger partial charge in [-0.3, -0.25) is 5.41 Å². The standard InChI is InChI=1S/C42H33N5O.C7H8/c1-3-5-6-28(4-2)29-8-12-31(13-9-29)41(44)46-42(45)32-14-10-30(11-15-32)33-16-19-39-36(24-33)37-25-35(17-20-40(37)48-39)47-22-21-34-23-27(26-43)7-18-38(34)47;1-7-5-3-2-4-6-7/h4-25H,3H2,1-2H3,(H3,44,45,46);2-6H,1H3/b6-5-,28-4+;. The quantitative estimate of drug-likeness (QED) is 0.0975. The molecule has 0 atom stereocenters. The molecule has 3 N–H and O–H groups in total. The number of fused-ring (bicyclic) bond motifs is 4. The van der Waals surface area contributed by atoms with Crippen LogP contribution in [0.4, 0.5) is 0 Å². The molecule has 0 unspecified atom stereocenters. The molecular formula is C49H41N5O. The summed E-state index contributed by atoms with van der Waals surface area (Å²) in [5.74, 6) is 0.409. The number of nitrogens with two attached hydrogens (primary N) is 1. The zero-order valence-electron chi connectivity index (χ0n) is 31.1. The molecule has 6 aromatic carbocycles. The van der Waals surface area contributed by atoms with Crippen LogP contribution in [0.5, 0.6) is 0 Å². The van der Waals surface area contributed by atoms with Crippen LogP contribution in [-0.4, -0.2) is 16.2 Å². The van der Waals surface area contributed by atoms with E-state index in [4.69, 9.17) is 15.6 Å². The average molecular weight is 716 g/mol. The molecule has 55 heavy (non-hydrogen) atoms. The van der Waals surface area contributed by atoms with Gasteiger partial charge in [0.25, 0.3) is 0 Å². The van der Waals surface area contributed by atoms with Crippen LogP contribution in [0.2, 0.25) is 0 Å². The number of furan rings is 1. The molecule has 0 fully saturated rings. The first kappa shape index (κ1) is 36.1. The van der Waals surface area contributed by atoms with Crippen molar-refractivity contribution in [2.45, 2.75) is 27.2 Å². The molecule has 0 saturated heterocycles. The summed E-state index contributed by atoms with van der Waals surface area (Å²) in [7, 11) is 0. The number of nitriles is 1. The average Bonchev–Trinajstić information content (AvgIpc) is 3.82. The Morgan fingerprint density at radius 3 is 2.13 bits per heavy atom. The second-order valence-corrected chi connectivity index (χ2v) is 13.3. The summed E-state index contributed by atoms with van der Waals surface area (Å²) in [5.41, 5.74) is 17.8. The maximum atomic E-state index is 9.28. The zero-order chi connectivity index (χ0) is 38.3. The van der Waals surface area contributed by atoms with Crippen molar-refractivity contribution >= 4 is 50.1 Å². The second kappa shape index (κ2) is 16.2. The summed E-state index contributed by atoms with van der Waals surface area (Å²) >= 11 is 0. The molecule has 0 aliphatic rings. The molecule has 0 spiro atoms. The molecule has 0 radical (unpaired) electrons. The monoisotopic (exact) mass is 715 g/mol. The molecule has 0 aliphatic heterocycles. The van der Waals surface area contributed by atoms with Crippen molar-refractivity contribution < 1.29 is 4.42 Å². The minimum absolute atomic E-state index is 0.105. The topological polar surface area (TPSA) is 104 Å². The highest BCUT2D eigenvalue weighted by Crippen LogP contribution is 2.34. The highest BCUT2D eigenvalue weighted by Gasteiger charge is 2.12. The van der Waals surface area contributed by atoms with Crippen LogP contribution in [0, 0.1) is 23.7 Å². The third-order valence-corrected chi connectivity index (χ3v) is 9.57. The lowest BCUT2D eigenvalue weighted by Crippen LogP contribution is -2.16. The largest absolute Gasteiger partial charge is 0.456 e. The van der Waals surface area contributed by atoms with E-state index in [9.17, 15) is 5.26 Å². The van der Waals surface area contributed by atoms with E-state index in [2.05, 4.69) is 78.0 Å². The van der Waals surface area contributed by atoms with E-state index < -0.39 is 0 Å². The van der Waals surface area contributed by atoms with Crippen molar-refractivity contribution in [3.63, 3.8) is 0 Å². The van der Waals surface area contributed by atoms with Gasteiger partial charge in [-0.2, -0.15) is 5.26 Å². The molecular weight excluding hydrogens is 675 g/mol. The van der Waals surface area contributed by atoms with Crippen LogP contribution in [0.25, 0.3) is 55.2 Å². The van der Waals surface area contributed by atoms with E-state index in [-0.39, 0.29) is 5.84 Å². The Morgan fingerprint density at radius 1 is 0.782 bits per heavy atom. The first-order valence-electron chi connectivity index (χ1n) is 18.3. The molecule has 0 aliphatic carbocycles. The summed E-state index contributed by atoms with van der Waals surface area (Å²) in [6.07, 6.45) is 9.36. The summed E-state index contributed by atoms with van der Waals surface area (Å²) in [6, 6.07) is 48.4. The Balaban J connectivity index is 0.000000599. The Labute approximate surface area is 321 Å². The Morgan fingerprint density at radius 2 is 1.45 bits per heavy atom. The van der Waals surface area contributed by atoms with Crippen molar-refractivity contribution in [1.82, 2.24) is 4.57 Å². The number of rotatable bonds is 7. The van der Waals surface area contributed by atoms with E-state index >= 15 is 0 Å². The van der Waals surface area contributed by atoms with Crippen molar-refractivity contribution in [3.8, 4) is 22.9 Å². The lowest BCUT2D eigenvalue weighted by molar-refractivity contribution is 0.669. The number of hydrogen-bond donors (Lipinski definition) is 2. The first-order valence-corrected chi connectivity index (χ1v) is 18.3. The molecule has 2 aromatic heterocycles. The Kier molecular flexibility index (Phi) is 10.6. The second-order valence-electron chi connectivity index (χ2n) is 13.3. The molecule has 0 amide bonds. The number of benzene rings is 6. The van der Waals surface area contributed by atoms with Crippen LogP contribution in [0.1, 0.15) is 48.1 Å². The molecule has 6 heteroatoms. The van der Waals surface area contributed by atoms with Gasteiger partial charge in [0, 0.05) is 39.2 Å². The normalized spacial score (nSPS) is 11.9. The minimum Gasteiger partial charge on any atom is -0.456 e. The molecule has 6 nitrogen and oxygen atoms in total. The highest BCUT2D eigenvalue weighted by atomic mass is 16.3. The van der Waals surface area contributed by atoms with Crippen LogP contribution in [0.15, 0.2) is 173 Å². The number of aryl methyl sites for hydroxylation is 1. The van der Waals surface area contributed by atoms with Gasteiger partial charge in [0.2, 0.25) is 0 Å². The van der Waals surface area contributed by atoms with E-state index in [1.807, 2.05) is 122 Å². The van der Waals surface area contributed by atoms with Crippen molar-refractivity contribution in [3.05, 3.63) is 192 Å². The molecule has 8 aromatic rings. The summed E-state index contributed by atoms with van der Waals surface area (Å²) in [4.78, 5) is 4.41. The summed E-state index contributed by atoms with van der Waals surface area (Å²) in [5, 5.41) is 21.0. The number of allylic oxidation sites excluding steroid dienone is 4. The third-order valence-electron chi connectivity index (χ3n) is 9.57. The summed E-state index contributed by atoms with van der Waals surface area (Å²) in [6.45, 7) is 6.23. The van der Waals surface area contributed by atoms with Gasteiger partial charge in [-0.15, -0.1) is 0 Å². The van der Waals surface area contributed by atoms with E-state index in [0.717, 1.165) is 72.8 Å². The lowest BCUT2D eigenvalue weighted by atomic mass is 10.0. The van der Waals surface area contributed by atoms with Crippen molar-refractivity contribution in [2.75, 3.05) is 0 Å². The lowest BCUT2D eigenvalue weighted by Gasteiger charge is -2.07. The van der Waals surface area contributed by atoms with Gasteiger partial charge >= 0.3 is 0 Å². The maximum Gasteiger partial charge on any atom is 0.154 e. The van der Waals surface area contributed by atoms with Gasteiger partial charge in [0.05, 0.1) is 17.1 Å². The fraction of sp³-hybridized carbons (Fsp3) is 0.0816. The van der Waals surface area contributed by atoms with Crippen LogP contribution < -0.4 is 5.73 Å². The minimum atomic E-state index is 0.105. The van der Waals surface area contributed by atoms with Crippen LogP contribution >= 0.6 is 0 Å². The van der Waals surface area contributed by atoms with Crippen LogP contribution in [0.3, 0.4) is 0 Å². The number of amidine groups is 2. The smallest absolute Gasteiger partial charge is 0.154 e. The molecule has 268 valence electrons. The predicted octanol–water partition coefficient (Wildman–Crippen LogP) is 12.2. The number of nitrogens with one attached hydrogen (secondary N) is 1. The number of aliphatic imine (C=N–C) groups is 1. The van der Waals surface area contributed by atoms with Crippen molar-refractivity contribution in [2.24, 2.45) is 10.7 Å². The maximum absolute atomic E-state index is 9.28. The number of hydrogen-bond acceptors (Lipinski definition) is 3. The summed E-state index contributed by atoms with van der Waals surface area (Å²) < 4.78 is 8.32. The predicted molar refractivity (Wildman–Crippen MR) is 229 cm³/mol. The third kappa shape index (κ3) is 7.92. The van der Waals surface area contributed by atoms with E-state index in [0.29, 0.717) is 17.0 Å². The molecule has 8 rings (SSSR count). The Hall–Kier alpha value is -7.23. The van der Waals surface area contributed by atoms with Crippen LogP contribution in [-0.2, 0) is 0 Å². The van der Waals surface area contributed by atoms with Gasteiger partial charge in [0.1, 0.15) is 17.0 Å². The van der Waals surface area contributed by atoms with E-state index in [1.165, 1.54) is 5.56 Å². The SMILES string of the molecule is C/C=C(\C=C/CC)c1ccc(C(N)=NC(=N)c2ccc(-c3ccc4oc5ccc(-n6ccc7cc(C#N)ccc76)cc5c4c3)cc2)cc1.Cc1ccccc1. The first-order chi connectivity index (χ1) is 26.8. The number of aromatic nitrogens is 1. The van der Waals surface area contributed by atoms with Gasteiger partial charge in [-0.25, -0.2) is 4.99 Å². The van der Waals surface area contributed by atoms with Gasteiger partial charge in [-0.1, -0.05) is 116 Å². The van der Waals surface area contributed by atoms with Gasteiger partial charge in [-0.05, 0) is 97.1 Å². The fourth-order valence-corrected chi connectivity index (χ4v) is 6.57. The van der Waals surface area contributed by atoms with Gasteiger partial charge in [0.15, 0.2) is 5.84 Å². The molecule has 0 bridgehead atoms. The Bertz CT molecular complexity index is 2770. The molecule has 2 heterocycles. The number of nitrogens with zero attached hydrogens (tertiary/aromatic N) is 3. The molecule has 0 saturated carbocycles.